The van der Waals surface area contributed by atoms with Gasteiger partial charge in [-0.05, 0) is 25.3 Å². The second-order valence-electron chi connectivity index (χ2n) is 8.70. The molecule has 2 N–H and O–H groups in total. The molecule has 0 atom stereocenters. The van der Waals surface area contributed by atoms with Gasteiger partial charge in [-0.25, -0.2) is 9.97 Å². The van der Waals surface area contributed by atoms with E-state index >= 15 is 0 Å². The molecule has 0 bridgehead atoms. The van der Waals surface area contributed by atoms with Gasteiger partial charge < -0.3 is 15.2 Å². The smallest absolute Gasteiger partial charge is 0.216 e. The minimum atomic E-state index is 0.183. The molecule has 0 fully saturated rings. The number of aryl methyl sites for hydroxylation is 1. The Morgan fingerprint density at radius 2 is 1.67 bits per heavy atom. The van der Waals surface area contributed by atoms with Gasteiger partial charge >= 0.3 is 0 Å². The monoisotopic (exact) mass is 539 g/mol. The topological polar surface area (TPSA) is 67.3 Å². The maximum atomic E-state index is 9.08. The minimum absolute atomic E-state index is 0.183. The summed E-state index contributed by atoms with van der Waals surface area (Å²) in [6, 6.07) is 15.9. The number of unbranched alkanes of at least 4 members (excludes halogenated alkanes) is 1. The number of pyridine rings is 1. The Hall–Kier alpha value is -2.48. The summed E-state index contributed by atoms with van der Waals surface area (Å²) in [4.78, 5) is 10.9. The Morgan fingerprint density at radius 3 is 2.39 bits per heavy atom. The molecule has 36 heavy (non-hydrogen) atoms. The molecule has 2 aromatic heterocycles. The summed E-state index contributed by atoms with van der Waals surface area (Å²) >= 11 is 15.7. The molecule has 5 rings (SSSR count). The first kappa shape index (κ1) is 25.2. The van der Waals surface area contributed by atoms with Gasteiger partial charge in [0, 0.05) is 58.8 Å². The fourth-order valence-electron chi connectivity index (χ4n) is 4.50. The number of benzene rings is 2. The van der Waals surface area contributed by atoms with Crippen LogP contribution in [0.25, 0.3) is 33.0 Å². The zero-order valence-electron chi connectivity index (χ0n) is 20.0. The molecule has 186 valence electrons. The molecule has 0 aliphatic carbocycles. The molecule has 0 spiro atoms. The van der Waals surface area contributed by atoms with Crippen molar-refractivity contribution in [2.75, 3.05) is 20.3 Å². The summed E-state index contributed by atoms with van der Waals surface area (Å²) in [5.41, 5.74) is 6.34. The third kappa shape index (κ3) is 5.01. The lowest BCUT2D eigenvalue weighted by Crippen LogP contribution is -2.22. The molecule has 0 unspecified atom stereocenters. The number of aliphatic hydroxyl groups is 1. The first-order valence-electron chi connectivity index (χ1n) is 12.0. The highest BCUT2D eigenvalue weighted by Crippen LogP contribution is 2.43. The number of nitrogens with zero attached hydrogens (tertiary/aromatic N) is 2. The van der Waals surface area contributed by atoms with Crippen molar-refractivity contribution in [3.05, 3.63) is 74.7 Å². The lowest BCUT2D eigenvalue weighted by atomic mass is 9.99. The molecule has 0 saturated carbocycles. The molecule has 1 aliphatic rings. The van der Waals surface area contributed by atoms with Crippen molar-refractivity contribution in [1.82, 2.24) is 15.3 Å². The molecule has 1 aliphatic heterocycles. The fourth-order valence-corrected chi connectivity index (χ4v) is 6.30. The van der Waals surface area contributed by atoms with E-state index in [0.29, 0.717) is 15.9 Å². The highest BCUT2D eigenvalue weighted by atomic mass is 35.5. The average molecular weight is 541 g/mol. The highest BCUT2D eigenvalue weighted by Gasteiger charge is 2.20. The first-order valence-corrected chi connectivity index (χ1v) is 13.6. The van der Waals surface area contributed by atoms with Gasteiger partial charge in [0.1, 0.15) is 5.01 Å². The van der Waals surface area contributed by atoms with Gasteiger partial charge in [-0.3, -0.25) is 0 Å². The van der Waals surface area contributed by atoms with Crippen LogP contribution in [0.3, 0.4) is 0 Å². The zero-order valence-corrected chi connectivity index (χ0v) is 22.3. The van der Waals surface area contributed by atoms with Crippen LogP contribution in [0.5, 0.6) is 5.88 Å². The van der Waals surface area contributed by atoms with Crippen LogP contribution >= 0.6 is 34.5 Å². The molecule has 4 aromatic rings. The molecular weight excluding hydrogens is 513 g/mol. The summed E-state index contributed by atoms with van der Waals surface area (Å²) in [7, 11) is 1.62. The Kier molecular flexibility index (Phi) is 7.89. The Morgan fingerprint density at radius 1 is 0.944 bits per heavy atom. The quantitative estimate of drug-likeness (QED) is 0.240. The van der Waals surface area contributed by atoms with Gasteiger partial charge in [-0.1, -0.05) is 65.7 Å². The number of thiazole rings is 1. The standard InChI is InChI=1S/C28H27Cl2N3O2S/c1-35-27-17(6-2-3-15-34)11-12-22(32-27)20-9-4-7-18(25(20)29)19-8-5-10-21(26(19)30)28-33-23-13-14-31-16-24(23)36-28/h4-5,7-12,31,34H,2-3,6,13-16H2,1H3. The zero-order chi connectivity index (χ0) is 25.1. The maximum absolute atomic E-state index is 9.08. The number of fused-ring (bicyclic) bond motifs is 1. The van der Waals surface area contributed by atoms with Gasteiger partial charge in [-0.15, -0.1) is 11.3 Å². The minimum Gasteiger partial charge on any atom is -0.481 e. The van der Waals surface area contributed by atoms with E-state index in [1.807, 2.05) is 48.5 Å². The van der Waals surface area contributed by atoms with Crippen LogP contribution < -0.4 is 10.1 Å². The van der Waals surface area contributed by atoms with E-state index in [9.17, 15) is 0 Å². The summed E-state index contributed by atoms with van der Waals surface area (Å²) in [6.07, 6.45) is 3.35. The molecule has 2 aromatic carbocycles. The highest BCUT2D eigenvalue weighted by molar-refractivity contribution is 7.15. The summed E-state index contributed by atoms with van der Waals surface area (Å²) < 4.78 is 5.56. The number of methoxy groups -OCH3 is 1. The molecule has 0 amide bonds. The van der Waals surface area contributed by atoms with Crippen LogP contribution in [0.15, 0.2) is 48.5 Å². The normalized spacial score (nSPS) is 13.0. The largest absolute Gasteiger partial charge is 0.481 e. The van der Waals surface area contributed by atoms with E-state index in [1.54, 1.807) is 18.4 Å². The summed E-state index contributed by atoms with van der Waals surface area (Å²) in [6.45, 7) is 1.99. The maximum Gasteiger partial charge on any atom is 0.216 e. The SMILES string of the molecule is COc1nc(-c2cccc(-c3cccc(-c4nc5c(s4)CNCC5)c3Cl)c2Cl)ccc1CCCCO. The van der Waals surface area contributed by atoms with Crippen LogP contribution in [0.4, 0.5) is 0 Å². The van der Waals surface area contributed by atoms with Crippen LogP contribution in [0, 0.1) is 0 Å². The number of ether oxygens (including phenoxy) is 1. The average Bonchev–Trinajstić information content (AvgIpc) is 3.34. The van der Waals surface area contributed by atoms with Crippen LogP contribution in [0.2, 0.25) is 10.0 Å². The lowest BCUT2D eigenvalue weighted by Gasteiger charge is -2.14. The Balaban J connectivity index is 1.51. The van der Waals surface area contributed by atoms with Crippen molar-refractivity contribution in [2.24, 2.45) is 0 Å². The molecular formula is C28H27Cl2N3O2S. The number of aromatic nitrogens is 2. The van der Waals surface area contributed by atoms with Gasteiger partial charge in [0.05, 0.1) is 28.5 Å². The van der Waals surface area contributed by atoms with Gasteiger partial charge in [0.2, 0.25) is 5.88 Å². The number of halogens is 2. The summed E-state index contributed by atoms with van der Waals surface area (Å²) in [5, 5.41) is 14.6. The van der Waals surface area contributed by atoms with Crippen molar-refractivity contribution >= 4 is 34.5 Å². The number of hydrogen-bond acceptors (Lipinski definition) is 6. The Labute approximate surface area is 225 Å². The fraction of sp³-hybridized carbons (Fsp3) is 0.286. The van der Waals surface area contributed by atoms with E-state index in [-0.39, 0.29) is 6.61 Å². The number of nitrogens with one attached hydrogen (secondary N) is 1. The van der Waals surface area contributed by atoms with Gasteiger partial charge in [0.15, 0.2) is 0 Å². The Bertz CT molecular complexity index is 1370. The first-order chi connectivity index (χ1) is 17.6. The van der Waals surface area contributed by atoms with Crippen molar-refractivity contribution in [3.63, 3.8) is 0 Å². The number of aliphatic hydroxyl groups excluding tert-OH is 1. The number of hydrogen-bond donors (Lipinski definition) is 2. The molecule has 3 heterocycles. The van der Waals surface area contributed by atoms with Crippen LogP contribution in [-0.4, -0.2) is 35.3 Å². The molecule has 8 heteroatoms. The van der Waals surface area contributed by atoms with Crippen molar-refractivity contribution in [2.45, 2.75) is 32.2 Å². The third-order valence-corrected chi connectivity index (χ3v) is 8.33. The van der Waals surface area contributed by atoms with E-state index in [1.165, 1.54) is 4.88 Å². The van der Waals surface area contributed by atoms with E-state index in [4.69, 9.17) is 43.0 Å². The molecule has 0 radical (unpaired) electrons. The van der Waals surface area contributed by atoms with Crippen molar-refractivity contribution < 1.29 is 9.84 Å². The van der Waals surface area contributed by atoms with Gasteiger partial charge in [0.25, 0.3) is 0 Å². The second-order valence-corrected chi connectivity index (χ2v) is 10.5. The van der Waals surface area contributed by atoms with E-state index in [2.05, 4.69) is 5.32 Å². The van der Waals surface area contributed by atoms with Crippen LogP contribution in [-0.2, 0) is 19.4 Å². The third-order valence-electron chi connectivity index (χ3n) is 6.38. The van der Waals surface area contributed by atoms with Crippen molar-refractivity contribution in [3.8, 4) is 38.8 Å². The predicted octanol–water partition coefficient (Wildman–Crippen LogP) is 6.82. The lowest BCUT2D eigenvalue weighted by molar-refractivity contribution is 0.284. The second kappa shape index (κ2) is 11.3. The van der Waals surface area contributed by atoms with E-state index < -0.39 is 0 Å². The van der Waals surface area contributed by atoms with Gasteiger partial charge in [-0.2, -0.15) is 0 Å². The summed E-state index contributed by atoms with van der Waals surface area (Å²) in [5.74, 6) is 0.578. The molecule has 5 nitrogen and oxygen atoms in total. The number of rotatable bonds is 8. The van der Waals surface area contributed by atoms with Crippen LogP contribution in [0.1, 0.15) is 29.0 Å². The van der Waals surface area contributed by atoms with E-state index in [0.717, 1.165) is 83.0 Å². The predicted molar refractivity (Wildman–Crippen MR) is 148 cm³/mol. The van der Waals surface area contributed by atoms with Crippen molar-refractivity contribution in [1.29, 1.82) is 0 Å². The molecule has 0 saturated heterocycles.